The van der Waals surface area contributed by atoms with Gasteiger partial charge in [0.2, 0.25) is 0 Å². The molecule has 0 spiro atoms. The predicted octanol–water partition coefficient (Wildman–Crippen LogP) is 2.77. The number of aromatic nitrogens is 2. The minimum absolute atomic E-state index is 0.0757. The number of nitrogens with one attached hydrogen (secondary N) is 2. The van der Waals surface area contributed by atoms with E-state index in [2.05, 4.69) is 15.5 Å². The number of fused-ring (bicyclic) bond motifs is 1. The van der Waals surface area contributed by atoms with Crippen LogP contribution >= 0.6 is 23.2 Å². The Bertz CT molecular complexity index is 687. The zero-order valence-electron chi connectivity index (χ0n) is 11.7. The van der Waals surface area contributed by atoms with Crippen molar-refractivity contribution < 1.29 is 9.53 Å². The van der Waals surface area contributed by atoms with Gasteiger partial charge in [-0.2, -0.15) is 5.10 Å². The fourth-order valence-electron chi connectivity index (χ4n) is 2.54. The van der Waals surface area contributed by atoms with Crippen LogP contribution in [0.2, 0.25) is 10.0 Å². The van der Waals surface area contributed by atoms with Gasteiger partial charge in [0, 0.05) is 23.2 Å². The third kappa shape index (κ3) is 3.54. The van der Waals surface area contributed by atoms with Crippen molar-refractivity contribution in [1.29, 1.82) is 0 Å². The molecule has 0 fully saturated rings. The summed E-state index contributed by atoms with van der Waals surface area (Å²) in [4.78, 5) is 12.0. The van der Waals surface area contributed by atoms with Crippen molar-refractivity contribution in [3.63, 3.8) is 0 Å². The minimum Gasteiger partial charge on any atom is -0.482 e. The van der Waals surface area contributed by atoms with Gasteiger partial charge in [-0.15, -0.1) is 0 Å². The second-order valence-electron chi connectivity index (χ2n) is 5.24. The number of hydrogen-bond donors (Lipinski definition) is 2. The minimum atomic E-state index is -0.168. The zero-order valence-corrected chi connectivity index (χ0v) is 13.2. The van der Waals surface area contributed by atoms with Crippen molar-refractivity contribution >= 4 is 29.1 Å². The highest BCUT2D eigenvalue weighted by atomic mass is 35.5. The molecule has 116 valence electrons. The molecule has 7 heteroatoms. The fourth-order valence-corrected chi connectivity index (χ4v) is 3.00. The lowest BCUT2D eigenvalue weighted by atomic mass is 9.94. The highest BCUT2D eigenvalue weighted by molar-refractivity contribution is 6.35. The number of halogens is 2. The monoisotopic (exact) mass is 339 g/mol. The molecule has 1 aliphatic rings. The van der Waals surface area contributed by atoms with Crippen LogP contribution in [-0.4, -0.2) is 28.8 Å². The average Bonchev–Trinajstić information content (AvgIpc) is 2.94. The standard InChI is InChI=1S/C15H15Cl2N3O2/c16-10-2-4-14(12(17)5-10)22-8-15(21)19-11-3-1-9-7-18-20-13(9)6-11/h2,4-5,7,11H,1,3,6,8H2,(H,18,20)(H,19,21). The zero-order chi connectivity index (χ0) is 15.5. The van der Waals surface area contributed by atoms with Crippen LogP contribution in [0.25, 0.3) is 0 Å². The number of rotatable bonds is 4. The Morgan fingerprint density at radius 1 is 1.45 bits per heavy atom. The molecule has 3 rings (SSSR count). The van der Waals surface area contributed by atoms with E-state index in [0.717, 1.165) is 25.0 Å². The van der Waals surface area contributed by atoms with E-state index in [0.29, 0.717) is 15.8 Å². The van der Waals surface area contributed by atoms with Gasteiger partial charge in [0.05, 0.1) is 11.2 Å². The van der Waals surface area contributed by atoms with Crippen molar-refractivity contribution in [1.82, 2.24) is 15.5 Å². The average molecular weight is 340 g/mol. The smallest absolute Gasteiger partial charge is 0.258 e. The van der Waals surface area contributed by atoms with E-state index in [1.54, 1.807) is 18.2 Å². The van der Waals surface area contributed by atoms with Gasteiger partial charge in [-0.05, 0) is 36.6 Å². The number of ether oxygens (including phenoxy) is 1. The Morgan fingerprint density at radius 2 is 2.32 bits per heavy atom. The van der Waals surface area contributed by atoms with E-state index in [1.807, 2.05) is 6.20 Å². The van der Waals surface area contributed by atoms with Gasteiger partial charge in [-0.3, -0.25) is 9.89 Å². The van der Waals surface area contributed by atoms with Gasteiger partial charge in [0.1, 0.15) is 5.75 Å². The van der Waals surface area contributed by atoms with E-state index in [-0.39, 0.29) is 18.6 Å². The van der Waals surface area contributed by atoms with E-state index < -0.39 is 0 Å². The molecule has 1 heterocycles. The Balaban J connectivity index is 1.51. The van der Waals surface area contributed by atoms with Crippen LogP contribution in [0.5, 0.6) is 5.75 Å². The number of carbonyl (C=O) groups is 1. The van der Waals surface area contributed by atoms with Gasteiger partial charge < -0.3 is 10.1 Å². The Morgan fingerprint density at radius 3 is 3.14 bits per heavy atom. The molecular formula is C15H15Cl2N3O2. The van der Waals surface area contributed by atoms with E-state index in [4.69, 9.17) is 27.9 Å². The van der Waals surface area contributed by atoms with Crippen LogP contribution in [0.4, 0.5) is 0 Å². The van der Waals surface area contributed by atoms with Gasteiger partial charge >= 0.3 is 0 Å². The second kappa shape index (κ2) is 6.58. The third-order valence-electron chi connectivity index (χ3n) is 3.64. The molecule has 0 saturated heterocycles. The maximum absolute atomic E-state index is 12.0. The summed E-state index contributed by atoms with van der Waals surface area (Å²) in [7, 11) is 0. The van der Waals surface area contributed by atoms with E-state index >= 15 is 0 Å². The molecule has 0 radical (unpaired) electrons. The number of benzene rings is 1. The molecule has 1 atom stereocenters. The molecule has 1 unspecified atom stereocenters. The summed E-state index contributed by atoms with van der Waals surface area (Å²) in [5.74, 6) is 0.277. The van der Waals surface area contributed by atoms with Crippen molar-refractivity contribution in [2.45, 2.75) is 25.3 Å². The summed E-state index contributed by atoms with van der Waals surface area (Å²) >= 11 is 11.8. The van der Waals surface area contributed by atoms with Gasteiger partial charge in [0.25, 0.3) is 5.91 Å². The summed E-state index contributed by atoms with van der Waals surface area (Å²) in [5, 5.41) is 10.9. The quantitative estimate of drug-likeness (QED) is 0.899. The summed E-state index contributed by atoms with van der Waals surface area (Å²) in [6.45, 7) is -0.0757. The topological polar surface area (TPSA) is 67.0 Å². The molecular weight excluding hydrogens is 325 g/mol. The van der Waals surface area contributed by atoms with Crippen LogP contribution in [0.15, 0.2) is 24.4 Å². The maximum Gasteiger partial charge on any atom is 0.258 e. The number of carbonyl (C=O) groups excluding carboxylic acids is 1. The third-order valence-corrected chi connectivity index (χ3v) is 4.17. The first-order chi connectivity index (χ1) is 10.6. The summed E-state index contributed by atoms with van der Waals surface area (Å²) in [5.41, 5.74) is 2.33. The van der Waals surface area contributed by atoms with Gasteiger partial charge in [-0.1, -0.05) is 23.2 Å². The van der Waals surface area contributed by atoms with Crippen molar-refractivity contribution in [2.75, 3.05) is 6.61 Å². The van der Waals surface area contributed by atoms with Crippen LogP contribution in [0.3, 0.4) is 0 Å². The summed E-state index contributed by atoms with van der Waals surface area (Å²) in [6, 6.07) is 5.00. The first-order valence-electron chi connectivity index (χ1n) is 7.00. The number of aryl methyl sites for hydroxylation is 1. The Hall–Kier alpha value is -1.72. The van der Waals surface area contributed by atoms with Gasteiger partial charge in [-0.25, -0.2) is 0 Å². The molecule has 2 N–H and O–H groups in total. The largest absolute Gasteiger partial charge is 0.482 e. The van der Waals surface area contributed by atoms with Crippen LogP contribution in [0, 0.1) is 0 Å². The normalized spacial score (nSPS) is 16.9. The van der Waals surface area contributed by atoms with Crippen LogP contribution in [0.1, 0.15) is 17.7 Å². The SMILES string of the molecule is O=C(COc1ccc(Cl)cc1Cl)NC1CCc2cn[nH]c2C1. The van der Waals surface area contributed by atoms with Crippen molar-refractivity contribution in [3.8, 4) is 5.75 Å². The summed E-state index contributed by atoms with van der Waals surface area (Å²) < 4.78 is 5.43. The predicted molar refractivity (Wildman–Crippen MR) is 84.5 cm³/mol. The number of amides is 1. The lowest BCUT2D eigenvalue weighted by molar-refractivity contribution is -0.123. The summed E-state index contributed by atoms with van der Waals surface area (Å²) in [6.07, 6.45) is 4.43. The maximum atomic E-state index is 12.0. The Labute approximate surface area is 138 Å². The highest BCUT2D eigenvalue weighted by Gasteiger charge is 2.21. The van der Waals surface area contributed by atoms with Gasteiger partial charge in [0.15, 0.2) is 6.61 Å². The molecule has 0 saturated carbocycles. The molecule has 0 aliphatic heterocycles. The fraction of sp³-hybridized carbons (Fsp3) is 0.333. The molecule has 1 amide bonds. The molecule has 0 bridgehead atoms. The van der Waals surface area contributed by atoms with E-state index in [1.165, 1.54) is 5.56 Å². The molecule has 1 aromatic carbocycles. The highest BCUT2D eigenvalue weighted by Crippen LogP contribution is 2.27. The van der Waals surface area contributed by atoms with Crippen molar-refractivity contribution in [2.24, 2.45) is 0 Å². The number of hydrogen-bond acceptors (Lipinski definition) is 3. The molecule has 22 heavy (non-hydrogen) atoms. The first kappa shape index (κ1) is 15.2. The van der Waals surface area contributed by atoms with Crippen LogP contribution < -0.4 is 10.1 Å². The number of aromatic amines is 1. The number of nitrogens with zero attached hydrogens (tertiary/aromatic N) is 1. The van der Waals surface area contributed by atoms with E-state index in [9.17, 15) is 4.79 Å². The first-order valence-corrected chi connectivity index (χ1v) is 7.76. The molecule has 5 nitrogen and oxygen atoms in total. The molecule has 1 aliphatic carbocycles. The van der Waals surface area contributed by atoms with Crippen LogP contribution in [-0.2, 0) is 17.6 Å². The molecule has 2 aromatic rings. The molecule has 1 aromatic heterocycles. The Kier molecular flexibility index (Phi) is 4.55. The van der Waals surface area contributed by atoms with Crippen molar-refractivity contribution in [3.05, 3.63) is 45.7 Å². The second-order valence-corrected chi connectivity index (χ2v) is 6.09. The lowest BCUT2D eigenvalue weighted by Gasteiger charge is -2.22. The number of H-pyrrole nitrogens is 1. The lowest BCUT2D eigenvalue weighted by Crippen LogP contribution is -2.41.